The fourth-order valence-electron chi connectivity index (χ4n) is 2.77. The van der Waals surface area contributed by atoms with Gasteiger partial charge in [-0.1, -0.05) is 25.5 Å². The number of hydrogen-bond donors (Lipinski definition) is 1. The quantitative estimate of drug-likeness (QED) is 0.779. The summed E-state index contributed by atoms with van der Waals surface area (Å²) in [4.78, 5) is 2.45. The molecule has 2 atom stereocenters. The maximum absolute atomic E-state index is 5.70. The second-order valence-corrected chi connectivity index (χ2v) is 6.28. The number of rotatable bonds is 7. The van der Waals surface area contributed by atoms with Gasteiger partial charge < -0.3 is 15.0 Å². The summed E-state index contributed by atoms with van der Waals surface area (Å²) < 4.78 is 5.70. The standard InChI is InChI=1S/C18H30N2O/c1-4-5-12-21-18-8-6-16(7-9-18)14-19-17-10-11-20(3)15(2)13-17/h6-9,15,17,19H,4-5,10-14H2,1-3H3. The van der Waals surface area contributed by atoms with Crippen molar-refractivity contribution in [3.05, 3.63) is 29.8 Å². The van der Waals surface area contributed by atoms with Crippen LogP contribution in [0.5, 0.6) is 5.75 Å². The molecule has 0 radical (unpaired) electrons. The molecule has 2 rings (SSSR count). The average molecular weight is 290 g/mol. The summed E-state index contributed by atoms with van der Waals surface area (Å²) in [5.74, 6) is 0.986. The molecule has 0 amide bonds. The summed E-state index contributed by atoms with van der Waals surface area (Å²) in [5.41, 5.74) is 1.34. The van der Waals surface area contributed by atoms with E-state index in [0.29, 0.717) is 12.1 Å². The predicted molar refractivity (Wildman–Crippen MR) is 88.8 cm³/mol. The summed E-state index contributed by atoms with van der Waals surface area (Å²) in [6.45, 7) is 7.47. The molecule has 118 valence electrons. The van der Waals surface area contributed by atoms with Crippen LogP contribution in [0.15, 0.2) is 24.3 Å². The van der Waals surface area contributed by atoms with E-state index in [-0.39, 0.29) is 0 Å². The van der Waals surface area contributed by atoms with Crippen molar-refractivity contribution in [2.75, 3.05) is 20.2 Å². The lowest BCUT2D eigenvalue weighted by molar-refractivity contribution is 0.168. The van der Waals surface area contributed by atoms with Gasteiger partial charge in [0, 0.05) is 18.6 Å². The molecule has 1 aliphatic rings. The Kier molecular flexibility index (Phi) is 6.52. The number of ether oxygens (including phenoxy) is 1. The molecule has 1 N–H and O–H groups in total. The van der Waals surface area contributed by atoms with Gasteiger partial charge in [0.2, 0.25) is 0 Å². The average Bonchev–Trinajstić information content (AvgIpc) is 2.50. The molecule has 21 heavy (non-hydrogen) atoms. The minimum atomic E-state index is 0.650. The van der Waals surface area contributed by atoms with Gasteiger partial charge in [0.05, 0.1) is 6.61 Å². The Labute approximate surface area is 129 Å². The number of piperidine rings is 1. The van der Waals surface area contributed by atoms with Gasteiger partial charge in [0.1, 0.15) is 5.75 Å². The van der Waals surface area contributed by atoms with Crippen molar-refractivity contribution in [1.82, 2.24) is 10.2 Å². The molecule has 1 aromatic carbocycles. The van der Waals surface area contributed by atoms with Gasteiger partial charge in [0.25, 0.3) is 0 Å². The number of nitrogens with one attached hydrogen (secondary N) is 1. The smallest absolute Gasteiger partial charge is 0.119 e. The van der Waals surface area contributed by atoms with Crippen LogP contribution in [0.3, 0.4) is 0 Å². The second-order valence-electron chi connectivity index (χ2n) is 6.28. The fourth-order valence-corrected chi connectivity index (χ4v) is 2.77. The summed E-state index contributed by atoms with van der Waals surface area (Å²) in [6, 6.07) is 9.86. The Hall–Kier alpha value is -1.06. The molecule has 0 aliphatic carbocycles. The zero-order valence-corrected chi connectivity index (χ0v) is 13.8. The molecule has 2 unspecified atom stereocenters. The van der Waals surface area contributed by atoms with E-state index in [0.717, 1.165) is 25.3 Å². The van der Waals surface area contributed by atoms with Crippen molar-refractivity contribution in [3.63, 3.8) is 0 Å². The topological polar surface area (TPSA) is 24.5 Å². The largest absolute Gasteiger partial charge is 0.494 e. The van der Waals surface area contributed by atoms with E-state index in [4.69, 9.17) is 4.74 Å². The first-order chi connectivity index (χ1) is 10.2. The van der Waals surface area contributed by atoms with E-state index in [2.05, 4.69) is 55.4 Å². The monoisotopic (exact) mass is 290 g/mol. The normalized spacial score (nSPS) is 23.2. The maximum Gasteiger partial charge on any atom is 0.119 e. The molecule has 1 saturated heterocycles. The van der Waals surface area contributed by atoms with Gasteiger partial charge in [-0.2, -0.15) is 0 Å². The van der Waals surface area contributed by atoms with Crippen LogP contribution in [0.2, 0.25) is 0 Å². The van der Waals surface area contributed by atoms with Crippen molar-refractivity contribution in [2.24, 2.45) is 0 Å². The summed E-state index contributed by atoms with van der Waals surface area (Å²) in [7, 11) is 2.22. The first-order valence-electron chi connectivity index (χ1n) is 8.34. The summed E-state index contributed by atoms with van der Waals surface area (Å²) in [5, 5.41) is 3.69. The Morgan fingerprint density at radius 1 is 1.29 bits per heavy atom. The predicted octanol–water partition coefficient (Wildman–Crippen LogP) is 3.44. The van der Waals surface area contributed by atoms with Crippen LogP contribution < -0.4 is 10.1 Å². The first-order valence-corrected chi connectivity index (χ1v) is 8.34. The Balaban J connectivity index is 1.73. The minimum absolute atomic E-state index is 0.650. The highest BCUT2D eigenvalue weighted by atomic mass is 16.5. The lowest BCUT2D eigenvalue weighted by atomic mass is 9.99. The van der Waals surface area contributed by atoms with Crippen LogP contribution in [-0.2, 0) is 6.54 Å². The molecule has 1 fully saturated rings. The molecule has 0 saturated carbocycles. The zero-order chi connectivity index (χ0) is 15.1. The fraction of sp³-hybridized carbons (Fsp3) is 0.667. The van der Waals surface area contributed by atoms with Crippen molar-refractivity contribution in [1.29, 1.82) is 0 Å². The SMILES string of the molecule is CCCCOc1ccc(CNC2CCN(C)C(C)C2)cc1. The highest BCUT2D eigenvalue weighted by Crippen LogP contribution is 2.17. The molecule has 0 spiro atoms. The van der Waals surface area contributed by atoms with Gasteiger partial charge in [-0.15, -0.1) is 0 Å². The third-order valence-electron chi connectivity index (χ3n) is 4.49. The number of nitrogens with zero attached hydrogens (tertiary/aromatic N) is 1. The van der Waals surface area contributed by atoms with E-state index in [9.17, 15) is 0 Å². The van der Waals surface area contributed by atoms with Gasteiger partial charge >= 0.3 is 0 Å². The molecule has 3 heteroatoms. The lowest BCUT2D eigenvalue weighted by Crippen LogP contribution is -2.45. The molecular weight excluding hydrogens is 260 g/mol. The number of hydrogen-bond acceptors (Lipinski definition) is 3. The van der Waals surface area contributed by atoms with Crippen LogP contribution in [0.25, 0.3) is 0 Å². The van der Waals surface area contributed by atoms with E-state index in [1.165, 1.54) is 31.4 Å². The number of unbranched alkanes of at least 4 members (excludes halogenated alkanes) is 1. The Morgan fingerprint density at radius 2 is 2.05 bits per heavy atom. The van der Waals surface area contributed by atoms with E-state index < -0.39 is 0 Å². The summed E-state index contributed by atoms with van der Waals surface area (Å²) >= 11 is 0. The lowest BCUT2D eigenvalue weighted by Gasteiger charge is -2.35. The van der Waals surface area contributed by atoms with Gasteiger partial charge in [-0.25, -0.2) is 0 Å². The van der Waals surface area contributed by atoms with Crippen LogP contribution in [0, 0.1) is 0 Å². The van der Waals surface area contributed by atoms with E-state index >= 15 is 0 Å². The van der Waals surface area contributed by atoms with Gasteiger partial charge in [0.15, 0.2) is 0 Å². The highest BCUT2D eigenvalue weighted by Gasteiger charge is 2.21. The third kappa shape index (κ3) is 5.33. The molecule has 1 aliphatic heterocycles. The van der Waals surface area contributed by atoms with Crippen molar-refractivity contribution < 1.29 is 4.74 Å². The van der Waals surface area contributed by atoms with Gasteiger partial charge in [-0.05, 0) is 57.5 Å². The molecule has 1 aromatic rings. The number of likely N-dealkylation sites (tertiary alicyclic amines) is 1. The van der Waals surface area contributed by atoms with Crippen LogP contribution in [0.1, 0.15) is 45.1 Å². The van der Waals surface area contributed by atoms with Crippen molar-refractivity contribution >= 4 is 0 Å². The van der Waals surface area contributed by atoms with Gasteiger partial charge in [-0.3, -0.25) is 0 Å². The number of benzene rings is 1. The van der Waals surface area contributed by atoms with E-state index in [1.54, 1.807) is 0 Å². The minimum Gasteiger partial charge on any atom is -0.494 e. The first kappa shape index (κ1) is 16.3. The Morgan fingerprint density at radius 3 is 2.71 bits per heavy atom. The van der Waals surface area contributed by atoms with Crippen molar-refractivity contribution in [3.8, 4) is 5.75 Å². The summed E-state index contributed by atoms with van der Waals surface area (Å²) in [6.07, 6.45) is 4.79. The van der Waals surface area contributed by atoms with Crippen molar-refractivity contribution in [2.45, 2.75) is 58.2 Å². The maximum atomic E-state index is 5.70. The zero-order valence-electron chi connectivity index (χ0n) is 13.8. The third-order valence-corrected chi connectivity index (χ3v) is 4.49. The molecule has 1 heterocycles. The second kappa shape index (κ2) is 8.40. The van der Waals surface area contributed by atoms with Crippen LogP contribution >= 0.6 is 0 Å². The Bertz CT molecular complexity index is 404. The highest BCUT2D eigenvalue weighted by molar-refractivity contribution is 5.27. The molecule has 3 nitrogen and oxygen atoms in total. The van der Waals surface area contributed by atoms with E-state index in [1.807, 2.05) is 0 Å². The molecular formula is C18H30N2O. The van der Waals surface area contributed by atoms with Crippen LogP contribution in [-0.4, -0.2) is 37.2 Å². The van der Waals surface area contributed by atoms with Crippen LogP contribution in [0.4, 0.5) is 0 Å². The molecule has 0 bridgehead atoms. The molecule has 0 aromatic heterocycles.